The minimum atomic E-state index is -0.513. The summed E-state index contributed by atoms with van der Waals surface area (Å²) in [5.74, 6) is 0.747. The molecule has 2 aliphatic rings. The molecule has 2 rings (SSSR count). The molecule has 0 heterocycles. The van der Waals surface area contributed by atoms with Crippen molar-refractivity contribution in [2.24, 2.45) is 5.92 Å². The smallest absolute Gasteiger partial charge is 0.100 e. The van der Waals surface area contributed by atoms with Gasteiger partial charge in [-0.15, -0.1) is 0 Å². The number of alkyl halides is 1. The van der Waals surface area contributed by atoms with Crippen LogP contribution in [-0.4, -0.2) is 17.8 Å². The van der Waals surface area contributed by atoms with Gasteiger partial charge in [-0.25, -0.2) is 4.39 Å². The maximum absolute atomic E-state index is 13.0. The Hall–Kier alpha value is -0.110. The summed E-state index contributed by atoms with van der Waals surface area (Å²) in [6, 6.07) is 0.570. The monoisotopic (exact) mass is 199 g/mol. The number of halogens is 1. The van der Waals surface area contributed by atoms with E-state index in [1.807, 2.05) is 0 Å². The van der Waals surface area contributed by atoms with Gasteiger partial charge >= 0.3 is 0 Å². The number of nitrogens with one attached hydrogen (secondary N) is 1. The molecule has 0 unspecified atom stereocenters. The second kappa shape index (κ2) is 3.80. The Kier molecular flexibility index (Phi) is 2.83. The molecule has 0 saturated heterocycles. The van der Waals surface area contributed by atoms with Gasteiger partial charge in [-0.3, -0.25) is 0 Å². The number of rotatable bonds is 3. The van der Waals surface area contributed by atoms with E-state index >= 15 is 0 Å². The molecule has 2 saturated carbocycles. The van der Waals surface area contributed by atoms with Gasteiger partial charge in [0.1, 0.15) is 6.17 Å². The van der Waals surface area contributed by atoms with E-state index in [1.165, 1.54) is 12.8 Å². The predicted molar refractivity (Wildman–Crippen MR) is 57.1 cm³/mol. The Labute approximate surface area is 86.5 Å². The van der Waals surface area contributed by atoms with E-state index in [0.717, 1.165) is 31.6 Å². The van der Waals surface area contributed by atoms with E-state index in [-0.39, 0.29) is 0 Å². The van der Waals surface area contributed by atoms with E-state index in [0.29, 0.717) is 11.6 Å². The van der Waals surface area contributed by atoms with Crippen LogP contribution in [0.1, 0.15) is 52.4 Å². The van der Waals surface area contributed by atoms with Crippen LogP contribution in [0, 0.1) is 5.92 Å². The second-order valence-corrected chi connectivity index (χ2v) is 5.40. The van der Waals surface area contributed by atoms with E-state index in [4.69, 9.17) is 0 Å². The topological polar surface area (TPSA) is 12.0 Å². The normalized spacial score (nSPS) is 36.0. The van der Waals surface area contributed by atoms with Gasteiger partial charge in [-0.2, -0.15) is 0 Å². The van der Waals surface area contributed by atoms with Crippen molar-refractivity contribution in [2.75, 3.05) is 0 Å². The summed E-state index contributed by atoms with van der Waals surface area (Å²) >= 11 is 0. The van der Waals surface area contributed by atoms with E-state index in [9.17, 15) is 4.39 Å². The minimum absolute atomic E-state index is 0.411. The van der Waals surface area contributed by atoms with Crippen LogP contribution < -0.4 is 5.32 Å². The van der Waals surface area contributed by atoms with Crippen LogP contribution >= 0.6 is 0 Å². The quantitative estimate of drug-likeness (QED) is 0.736. The van der Waals surface area contributed by atoms with Crippen LogP contribution in [0.2, 0.25) is 0 Å². The van der Waals surface area contributed by atoms with Crippen LogP contribution in [0.5, 0.6) is 0 Å². The van der Waals surface area contributed by atoms with Crippen LogP contribution in [0.25, 0.3) is 0 Å². The van der Waals surface area contributed by atoms with Crippen LogP contribution in [0.4, 0.5) is 4.39 Å². The number of hydrogen-bond donors (Lipinski definition) is 1. The third kappa shape index (κ3) is 2.10. The Morgan fingerprint density at radius 1 is 1.14 bits per heavy atom. The number of hydrogen-bond acceptors (Lipinski definition) is 1. The van der Waals surface area contributed by atoms with Crippen LogP contribution in [0.3, 0.4) is 0 Å². The highest BCUT2D eigenvalue weighted by Gasteiger charge is 2.49. The molecular formula is C12H22FN. The summed E-state index contributed by atoms with van der Waals surface area (Å²) in [6.07, 6.45) is 5.90. The fourth-order valence-corrected chi connectivity index (χ4v) is 2.99. The van der Waals surface area contributed by atoms with E-state index in [1.54, 1.807) is 0 Å². The molecule has 0 aromatic carbocycles. The van der Waals surface area contributed by atoms with Crippen molar-refractivity contribution in [3.63, 3.8) is 0 Å². The molecular weight excluding hydrogens is 177 g/mol. The Morgan fingerprint density at radius 3 is 2.14 bits per heavy atom. The lowest BCUT2D eigenvalue weighted by Gasteiger charge is -2.33. The summed E-state index contributed by atoms with van der Waals surface area (Å²) in [4.78, 5) is 0. The molecule has 2 fully saturated rings. The van der Waals surface area contributed by atoms with Gasteiger partial charge in [0.25, 0.3) is 0 Å². The molecule has 0 aromatic heterocycles. The summed E-state index contributed by atoms with van der Waals surface area (Å²) in [6.45, 7) is 4.42. The van der Waals surface area contributed by atoms with Gasteiger partial charge in [0.2, 0.25) is 0 Å². The van der Waals surface area contributed by atoms with E-state index in [2.05, 4.69) is 19.2 Å². The van der Waals surface area contributed by atoms with Crippen molar-refractivity contribution >= 4 is 0 Å². The summed E-state index contributed by atoms with van der Waals surface area (Å²) in [5.41, 5.74) is 0.411. The van der Waals surface area contributed by atoms with Crippen molar-refractivity contribution < 1.29 is 4.39 Å². The van der Waals surface area contributed by atoms with Crippen molar-refractivity contribution in [2.45, 2.75) is 70.1 Å². The molecule has 0 radical (unpaired) electrons. The highest BCUT2D eigenvalue weighted by Crippen LogP contribution is 2.48. The lowest BCUT2D eigenvalue weighted by Crippen LogP contribution is -2.44. The van der Waals surface area contributed by atoms with Gasteiger partial charge in [0.15, 0.2) is 0 Å². The fourth-order valence-electron chi connectivity index (χ4n) is 2.99. The average molecular weight is 199 g/mol. The lowest BCUT2D eigenvalue weighted by molar-refractivity contribution is 0.165. The zero-order valence-electron chi connectivity index (χ0n) is 9.35. The molecule has 2 aliphatic carbocycles. The van der Waals surface area contributed by atoms with Crippen LogP contribution in [-0.2, 0) is 0 Å². The first-order valence-corrected chi connectivity index (χ1v) is 6.04. The van der Waals surface area contributed by atoms with Gasteiger partial charge in [-0.1, -0.05) is 13.8 Å². The largest absolute Gasteiger partial charge is 0.309 e. The second-order valence-electron chi connectivity index (χ2n) is 5.40. The van der Waals surface area contributed by atoms with Gasteiger partial charge < -0.3 is 5.32 Å². The zero-order chi connectivity index (χ0) is 10.2. The Bertz CT molecular complexity index is 190. The summed E-state index contributed by atoms with van der Waals surface area (Å²) in [5, 5.41) is 3.69. The molecule has 0 bridgehead atoms. The van der Waals surface area contributed by atoms with Crippen molar-refractivity contribution in [1.82, 2.24) is 5.32 Å². The molecule has 82 valence electrons. The minimum Gasteiger partial charge on any atom is -0.309 e. The average Bonchev–Trinajstić information content (AvgIpc) is 2.85. The summed E-state index contributed by atoms with van der Waals surface area (Å²) < 4.78 is 13.0. The first-order valence-electron chi connectivity index (χ1n) is 6.04. The van der Waals surface area contributed by atoms with Gasteiger partial charge in [-0.05, 0) is 44.4 Å². The predicted octanol–water partition coefficient (Wildman–Crippen LogP) is 3.05. The molecule has 1 N–H and O–H groups in total. The first kappa shape index (κ1) is 10.4. The van der Waals surface area contributed by atoms with Gasteiger partial charge in [0, 0.05) is 11.6 Å². The maximum Gasteiger partial charge on any atom is 0.100 e. The lowest BCUT2D eigenvalue weighted by atomic mass is 9.81. The molecule has 1 nitrogen and oxygen atoms in total. The SMILES string of the molecule is CC(C)NC1(C2CCC(F)CC2)CC1. The highest BCUT2D eigenvalue weighted by molar-refractivity contribution is 5.08. The van der Waals surface area contributed by atoms with E-state index < -0.39 is 6.17 Å². The maximum atomic E-state index is 13.0. The third-order valence-corrected chi connectivity index (χ3v) is 3.80. The molecule has 0 atom stereocenters. The molecule has 0 aliphatic heterocycles. The summed E-state index contributed by atoms with van der Waals surface area (Å²) in [7, 11) is 0. The van der Waals surface area contributed by atoms with Crippen LogP contribution in [0.15, 0.2) is 0 Å². The molecule has 14 heavy (non-hydrogen) atoms. The molecule has 0 amide bonds. The van der Waals surface area contributed by atoms with Crippen molar-refractivity contribution in [3.05, 3.63) is 0 Å². The van der Waals surface area contributed by atoms with Crippen molar-refractivity contribution in [3.8, 4) is 0 Å². The fraction of sp³-hybridized carbons (Fsp3) is 1.00. The Balaban J connectivity index is 1.88. The van der Waals surface area contributed by atoms with Crippen molar-refractivity contribution in [1.29, 1.82) is 0 Å². The third-order valence-electron chi connectivity index (χ3n) is 3.80. The zero-order valence-corrected chi connectivity index (χ0v) is 9.35. The van der Waals surface area contributed by atoms with Gasteiger partial charge in [0.05, 0.1) is 0 Å². The first-order chi connectivity index (χ1) is 6.62. The molecule has 2 heteroatoms. The molecule has 0 aromatic rings. The standard InChI is InChI=1S/C12H22FN/c1-9(2)14-12(7-8-12)10-3-5-11(13)6-4-10/h9-11,14H,3-8H2,1-2H3. The Morgan fingerprint density at radius 2 is 1.71 bits per heavy atom. The molecule has 0 spiro atoms. The highest BCUT2D eigenvalue weighted by atomic mass is 19.1.